The van der Waals surface area contributed by atoms with Crippen LogP contribution in [0.2, 0.25) is 0 Å². The van der Waals surface area contributed by atoms with E-state index in [2.05, 4.69) is 15.2 Å². The second-order valence-corrected chi connectivity index (χ2v) is 2.09. The quantitative estimate of drug-likeness (QED) is 0.264. The van der Waals surface area contributed by atoms with Gasteiger partial charge in [-0.1, -0.05) is 6.08 Å². The van der Waals surface area contributed by atoms with Crippen LogP contribution in [0.4, 0.5) is 0 Å². The molecule has 1 atom stereocenters. The van der Waals surface area contributed by atoms with Crippen molar-refractivity contribution in [3.63, 3.8) is 0 Å². The summed E-state index contributed by atoms with van der Waals surface area (Å²) in [4.78, 5) is 20.8. The Labute approximate surface area is 82.3 Å². The molecule has 0 amide bonds. The smallest absolute Gasteiger partial charge is 0.357 e. The van der Waals surface area contributed by atoms with E-state index < -0.39 is 18.2 Å². The molecule has 0 saturated carbocycles. The van der Waals surface area contributed by atoms with Crippen LogP contribution in [0.5, 0.6) is 0 Å². The van der Waals surface area contributed by atoms with Gasteiger partial charge in [-0.05, 0) is 6.92 Å². The van der Waals surface area contributed by atoms with E-state index in [4.69, 9.17) is 5.11 Å². The molecule has 0 aliphatic carbocycles. The molecule has 0 rings (SSSR count). The van der Waals surface area contributed by atoms with E-state index in [0.717, 1.165) is 6.08 Å². The Hall–Kier alpha value is -1.24. The highest BCUT2D eigenvalue weighted by atomic mass is 16.6. The van der Waals surface area contributed by atoms with E-state index in [0.29, 0.717) is 0 Å². The van der Waals surface area contributed by atoms with Crippen molar-refractivity contribution < 1.29 is 24.2 Å². The number of carbonyl (C=O) groups excluding carboxylic acids is 2. The first-order valence-electron chi connectivity index (χ1n) is 3.71. The van der Waals surface area contributed by atoms with Crippen LogP contribution in [0.25, 0.3) is 0 Å². The second kappa shape index (κ2) is 9.85. The average molecular weight is 205 g/mol. The summed E-state index contributed by atoms with van der Waals surface area (Å²) < 4.78 is 8.26. The molecule has 82 valence electrons. The third-order valence-electron chi connectivity index (χ3n) is 0.745. The fourth-order valence-electron chi connectivity index (χ4n) is 0.330. The fraction of sp³-hybridized carbons (Fsp3) is 0.500. The Bertz CT molecular complexity index is 200. The van der Waals surface area contributed by atoms with Crippen LogP contribution >= 0.6 is 0 Å². The topological polar surface area (TPSA) is 98.9 Å². The minimum absolute atomic E-state index is 0.845. The van der Waals surface area contributed by atoms with Crippen molar-refractivity contribution in [2.75, 3.05) is 14.2 Å². The summed E-state index contributed by atoms with van der Waals surface area (Å²) in [7, 11) is 3.25. The number of esters is 2. The number of hydrogen-bond acceptors (Lipinski definition) is 6. The number of methoxy groups -OCH3 is 1. The van der Waals surface area contributed by atoms with E-state index in [1.165, 1.54) is 6.08 Å². The molecule has 0 spiro atoms. The van der Waals surface area contributed by atoms with Gasteiger partial charge in [0.2, 0.25) is 6.23 Å². The Morgan fingerprint density at radius 1 is 1.43 bits per heavy atom. The van der Waals surface area contributed by atoms with E-state index in [1.807, 2.05) is 0 Å². The Kier molecular flexibility index (Phi) is 10.7. The lowest BCUT2D eigenvalue weighted by Crippen LogP contribution is -2.32. The molecule has 6 nitrogen and oxygen atoms in total. The number of rotatable bonds is 2. The number of carbonyl (C=O) groups is 2. The van der Waals surface area contributed by atoms with Crippen LogP contribution in [-0.4, -0.2) is 37.5 Å². The molecule has 0 aliphatic rings. The summed E-state index contributed by atoms with van der Waals surface area (Å²) >= 11 is 0. The fourth-order valence-corrected chi connectivity index (χ4v) is 0.330. The van der Waals surface area contributed by atoms with Crippen molar-refractivity contribution >= 4 is 11.9 Å². The van der Waals surface area contributed by atoms with Crippen molar-refractivity contribution in [1.29, 1.82) is 0 Å². The van der Waals surface area contributed by atoms with Gasteiger partial charge in [0.25, 0.3) is 0 Å². The van der Waals surface area contributed by atoms with Crippen molar-refractivity contribution in [3.05, 3.63) is 12.2 Å². The number of nitrogens with two attached hydrogens (primary N) is 1. The molecule has 0 aromatic heterocycles. The SMILES string of the molecule is CC=CC(=O)OC(=O)C(N)O.COC. The van der Waals surface area contributed by atoms with Crippen molar-refractivity contribution in [2.45, 2.75) is 13.2 Å². The van der Waals surface area contributed by atoms with Crippen molar-refractivity contribution in [3.8, 4) is 0 Å². The van der Waals surface area contributed by atoms with Gasteiger partial charge in [0.15, 0.2) is 0 Å². The first-order chi connectivity index (χ1) is 6.49. The van der Waals surface area contributed by atoms with E-state index in [1.54, 1.807) is 21.1 Å². The van der Waals surface area contributed by atoms with Crippen LogP contribution in [-0.2, 0) is 19.1 Å². The van der Waals surface area contributed by atoms with Gasteiger partial charge >= 0.3 is 11.9 Å². The highest BCUT2D eigenvalue weighted by molar-refractivity contribution is 5.93. The first kappa shape index (κ1) is 15.2. The molecule has 0 fully saturated rings. The third-order valence-corrected chi connectivity index (χ3v) is 0.745. The van der Waals surface area contributed by atoms with E-state index in [-0.39, 0.29) is 0 Å². The molecule has 0 aromatic rings. The predicted molar refractivity (Wildman–Crippen MR) is 49.0 cm³/mol. The molecule has 0 bridgehead atoms. The van der Waals surface area contributed by atoms with Gasteiger partial charge in [-0.15, -0.1) is 0 Å². The van der Waals surface area contributed by atoms with Crippen molar-refractivity contribution in [1.82, 2.24) is 0 Å². The van der Waals surface area contributed by atoms with Gasteiger partial charge in [0.05, 0.1) is 0 Å². The van der Waals surface area contributed by atoms with Gasteiger partial charge < -0.3 is 14.6 Å². The molecule has 6 heteroatoms. The molecule has 0 heterocycles. The molecule has 0 aliphatic heterocycles. The lowest BCUT2D eigenvalue weighted by molar-refractivity contribution is -0.162. The molecular weight excluding hydrogens is 190 g/mol. The highest BCUT2D eigenvalue weighted by Crippen LogP contribution is 1.84. The van der Waals surface area contributed by atoms with Gasteiger partial charge in [0.1, 0.15) is 0 Å². The lowest BCUT2D eigenvalue weighted by Gasteiger charge is -2.00. The van der Waals surface area contributed by atoms with Crippen molar-refractivity contribution in [2.24, 2.45) is 5.73 Å². The van der Waals surface area contributed by atoms with Crippen LogP contribution in [0.3, 0.4) is 0 Å². The van der Waals surface area contributed by atoms with Gasteiger partial charge in [-0.3, -0.25) is 5.73 Å². The summed E-state index contributed by atoms with van der Waals surface area (Å²) in [6, 6.07) is 0. The van der Waals surface area contributed by atoms with Crippen LogP contribution in [0.15, 0.2) is 12.2 Å². The minimum Gasteiger partial charge on any atom is -0.388 e. The summed E-state index contributed by atoms with van der Waals surface area (Å²) in [5, 5.41) is 8.36. The number of ether oxygens (including phenoxy) is 2. The highest BCUT2D eigenvalue weighted by Gasteiger charge is 2.13. The maximum Gasteiger partial charge on any atom is 0.357 e. The van der Waals surface area contributed by atoms with Gasteiger partial charge in [-0.25, -0.2) is 9.59 Å². The number of aliphatic hydroxyl groups is 1. The predicted octanol–water partition coefficient (Wildman–Crippen LogP) is -0.828. The number of hydrogen-bond donors (Lipinski definition) is 2. The zero-order valence-electron chi connectivity index (χ0n) is 8.39. The first-order valence-corrected chi connectivity index (χ1v) is 3.71. The van der Waals surface area contributed by atoms with Gasteiger partial charge in [0, 0.05) is 20.3 Å². The maximum atomic E-state index is 10.5. The molecule has 3 N–H and O–H groups in total. The standard InChI is InChI=1S/C6H9NO4.C2H6O/c1-2-3-4(8)11-6(10)5(7)9;1-3-2/h2-3,5,9H,7H2,1H3;1-2H3. The summed E-state index contributed by atoms with van der Waals surface area (Å²) in [5.74, 6) is -2.00. The summed E-state index contributed by atoms with van der Waals surface area (Å²) in [6.07, 6.45) is 0.683. The molecular formula is C8H15NO5. The Morgan fingerprint density at radius 2 is 1.86 bits per heavy atom. The van der Waals surface area contributed by atoms with Gasteiger partial charge in [-0.2, -0.15) is 0 Å². The lowest BCUT2D eigenvalue weighted by atomic mass is 10.5. The summed E-state index contributed by atoms with van der Waals surface area (Å²) in [6.45, 7) is 1.59. The van der Waals surface area contributed by atoms with Crippen LogP contribution in [0, 0.1) is 0 Å². The molecule has 1 unspecified atom stereocenters. The molecule has 0 radical (unpaired) electrons. The van der Waals surface area contributed by atoms with Crippen LogP contribution < -0.4 is 5.73 Å². The molecule has 0 saturated heterocycles. The number of allylic oxidation sites excluding steroid dienone is 1. The largest absolute Gasteiger partial charge is 0.388 e. The minimum atomic E-state index is -1.76. The Balaban J connectivity index is 0. The third kappa shape index (κ3) is 10.8. The average Bonchev–Trinajstić information content (AvgIpc) is 2.05. The molecule has 0 aromatic carbocycles. The summed E-state index contributed by atoms with van der Waals surface area (Å²) in [5.41, 5.74) is 4.69. The van der Waals surface area contributed by atoms with Crippen LogP contribution in [0.1, 0.15) is 6.92 Å². The van der Waals surface area contributed by atoms with E-state index >= 15 is 0 Å². The number of aliphatic hydroxyl groups excluding tert-OH is 1. The Morgan fingerprint density at radius 3 is 2.14 bits per heavy atom. The maximum absolute atomic E-state index is 10.5. The van der Waals surface area contributed by atoms with E-state index in [9.17, 15) is 9.59 Å². The normalized spacial score (nSPS) is 11.5. The molecule has 14 heavy (non-hydrogen) atoms. The zero-order chi connectivity index (χ0) is 11.6. The zero-order valence-corrected chi connectivity index (χ0v) is 8.39. The monoisotopic (exact) mass is 205 g/mol. The second-order valence-electron chi connectivity index (χ2n) is 2.09.